The van der Waals surface area contributed by atoms with Gasteiger partial charge in [-0.3, -0.25) is 4.79 Å². The van der Waals surface area contributed by atoms with Gasteiger partial charge in [-0.15, -0.1) is 12.4 Å². The first-order valence-corrected chi connectivity index (χ1v) is 7.46. The number of nitrogens with zero attached hydrogens (tertiary/aromatic N) is 1. The number of piperidine rings is 2. The predicted molar refractivity (Wildman–Crippen MR) is 78.6 cm³/mol. The summed E-state index contributed by atoms with van der Waals surface area (Å²) in [7, 11) is 0. The molecule has 3 rings (SSSR count). The van der Waals surface area contributed by atoms with Gasteiger partial charge in [-0.1, -0.05) is 0 Å². The number of carbonyl (C=O) groups is 1. The van der Waals surface area contributed by atoms with Crippen molar-refractivity contribution < 1.29 is 4.79 Å². The highest BCUT2D eigenvalue weighted by Crippen LogP contribution is 2.36. The van der Waals surface area contributed by atoms with Crippen molar-refractivity contribution in [2.45, 2.75) is 32.1 Å². The topological polar surface area (TPSA) is 44.4 Å². The second-order valence-corrected chi connectivity index (χ2v) is 6.50. The molecule has 3 saturated heterocycles. The monoisotopic (exact) mass is 287 g/mol. The van der Waals surface area contributed by atoms with E-state index in [4.69, 9.17) is 0 Å². The van der Waals surface area contributed by atoms with E-state index in [-0.39, 0.29) is 23.7 Å². The number of carbonyl (C=O) groups excluding carboxylic acids is 1. The minimum Gasteiger partial charge on any atom is -0.355 e. The van der Waals surface area contributed by atoms with Crippen LogP contribution < -0.4 is 10.6 Å². The lowest BCUT2D eigenvalue weighted by atomic mass is 9.79. The standard InChI is InChI=1S/C14H25N3O.ClH/c18-13-7-14(10-16-13)4-2-6-17(11-14)9-12-3-1-5-15-8-12;/h12,15H,1-11H2,(H,16,18);1H. The zero-order valence-corrected chi connectivity index (χ0v) is 12.4. The van der Waals surface area contributed by atoms with E-state index in [1.165, 1.54) is 51.9 Å². The molecule has 4 nitrogen and oxygen atoms in total. The van der Waals surface area contributed by atoms with Crippen molar-refractivity contribution in [3.8, 4) is 0 Å². The third-order valence-electron chi connectivity index (χ3n) is 4.85. The van der Waals surface area contributed by atoms with E-state index in [1.54, 1.807) is 0 Å². The van der Waals surface area contributed by atoms with Crippen LogP contribution in [-0.2, 0) is 4.79 Å². The summed E-state index contributed by atoms with van der Waals surface area (Å²) in [4.78, 5) is 14.1. The summed E-state index contributed by atoms with van der Waals surface area (Å²) in [5.41, 5.74) is 0.261. The number of rotatable bonds is 2. The van der Waals surface area contributed by atoms with Crippen molar-refractivity contribution in [1.82, 2.24) is 15.5 Å². The second kappa shape index (κ2) is 6.42. The number of hydrogen-bond donors (Lipinski definition) is 2. The lowest BCUT2D eigenvalue weighted by molar-refractivity contribution is -0.119. The van der Waals surface area contributed by atoms with E-state index < -0.39 is 0 Å². The number of amides is 1. The first-order valence-electron chi connectivity index (χ1n) is 7.46. The molecule has 2 atom stereocenters. The smallest absolute Gasteiger partial charge is 0.220 e. The molecule has 3 aliphatic heterocycles. The molecule has 0 aromatic rings. The molecule has 19 heavy (non-hydrogen) atoms. The maximum absolute atomic E-state index is 11.5. The Labute approximate surface area is 122 Å². The van der Waals surface area contributed by atoms with Gasteiger partial charge in [-0.2, -0.15) is 0 Å². The number of halogens is 1. The minimum atomic E-state index is 0. The first kappa shape index (κ1) is 15.1. The van der Waals surface area contributed by atoms with Gasteiger partial charge in [0.15, 0.2) is 0 Å². The average Bonchev–Trinajstić information content (AvgIpc) is 2.72. The Kier molecular flexibility index (Phi) is 5.09. The zero-order chi connectivity index (χ0) is 12.4. The average molecular weight is 288 g/mol. The molecule has 3 heterocycles. The third-order valence-corrected chi connectivity index (χ3v) is 4.85. The molecule has 0 aliphatic carbocycles. The molecule has 3 aliphatic rings. The SMILES string of the molecule is Cl.O=C1CC2(CCCN(CC3CCCNC3)C2)CN1. The highest BCUT2D eigenvalue weighted by molar-refractivity contribution is 5.85. The quantitative estimate of drug-likeness (QED) is 0.797. The van der Waals surface area contributed by atoms with Gasteiger partial charge >= 0.3 is 0 Å². The Morgan fingerprint density at radius 1 is 1.37 bits per heavy atom. The predicted octanol–water partition coefficient (Wildman–Crippen LogP) is 1.01. The molecule has 0 bridgehead atoms. The molecule has 3 fully saturated rings. The molecular formula is C14H26ClN3O. The molecule has 1 amide bonds. The van der Waals surface area contributed by atoms with Gasteiger partial charge in [0.05, 0.1) is 0 Å². The fraction of sp³-hybridized carbons (Fsp3) is 0.929. The summed E-state index contributed by atoms with van der Waals surface area (Å²) < 4.78 is 0. The second-order valence-electron chi connectivity index (χ2n) is 6.50. The highest BCUT2D eigenvalue weighted by atomic mass is 35.5. The van der Waals surface area contributed by atoms with Crippen LogP contribution in [0.1, 0.15) is 32.1 Å². The van der Waals surface area contributed by atoms with Gasteiger partial charge in [0.1, 0.15) is 0 Å². The lowest BCUT2D eigenvalue weighted by Gasteiger charge is -2.41. The van der Waals surface area contributed by atoms with Crippen LogP contribution in [0.5, 0.6) is 0 Å². The van der Waals surface area contributed by atoms with E-state index >= 15 is 0 Å². The Morgan fingerprint density at radius 3 is 2.95 bits per heavy atom. The van der Waals surface area contributed by atoms with Crippen LogP contribution in [0.2, 0.25) is 0 Å². The fourth-order valence-corrected chi connectivity index (χ4v) is 3.95. The molecule has 5 heteroatoms. The van der Waals surface area contributed by atoms with Gasteiger partial charge in [-0.25, -0.2) is 0 Å². The normalized spacial score (nSPS) is 36.0. The first-order chi connectivity index (χ1) is 8.76. The van der Waals surface area contributed by atoms with E-state index in [0.717, 1.165) is 25.4 Å². The molecule has 0 aromatic heterocycles. The summed E-state index contributed by atoms with van der Waals surface area (Å²) in [5.74, 6) is 1.08. The van der Waals surface area contributed by atoms with Crippen LogP contribution in [-0.4, -0.2) is 50.1 Å². The molecule has 2 unspecified atom stereocenters. The van der Waals surface area contributed by atoms with Gasteiger partial charge in [0.25, 0.3) is 0 Å². The van der Waals surface area contributed by atoms with Crippen LogP contribution in [0.4, 0.5) is 0 Å². The largest absolute Gasteiger partial charge is 0.355 e. The van der Waals surface area contributed by atoms with Gasteiger partial charge in [0, 0.05) is 31.5 Å². The highest BCUT2D eigenvalue weighted by Gasteiger charge is 2.41. The Morgan fingerprint density at radius 2 is 2.26 bits per heavy atom. The fourth-order valence-electron chi connectivity index (χ4n) is 3.95. The van der Waals surface area contributed by atoms with Crippen molar-refractivity contribution in [3.05, 3.63) is 0 Å². The summed E-state index contributed by atoms with van der Waals surface area (Å²) in [5, 5.41) is 6.53. The van der Waals surface area contributed by atoms with Crippen molar-refractivity contribution in [2.24, 2.45) is 11.3 Å². The molecule has 1 spiro atoms. The lowest BCUT2D eigenvalue weighted by Crippen LogP contribution is -2.47. The third kappa shape index (κ3) is 3.61. The van der Waals surface area contributed by atoms with Crippen LogP contribution in [0.3, 0.4) is 0 Å². The number of nitrogens with one attached hydrogen (secondary N) is 2. The van der Waals surface area contributed by atoms with E-state index in [2.05, 4.69) is 15.5 Å². The molecule has 0 radical (unpaired) electrons. The van der Waals surface area contributed by atoms with Crippen LogP contribution in [0.25, 0.3) is 0 Å². The minimum absolute atomic E-state index is 0. The zero-order valence-electron chi connectivity index (χ0n) is 11.6. The molecule has 110 valence electrons. The maximum atomic E-state index is 11.5. The summed E-state index contributed by atoms with van der Waals surface area (Å²) in [6.45, 7) is 6.86. The van der Waals surface area contributed by atoms with Crippen molar-refractivity contribution in [2.75, 3.05) is 39.3 Å². The number of hydrogen-bond acceptors (Lipinski definition) is 3. The Balaban J connectivity index is 0.00000133. The Bertz CT molecular complexity index is 320. The van der Waals surface area contributed by atoms with Gasteiger partial charge < -0.3 is 15.5 Å². The molecular weight excluding hydrogens is 262 g/mol. The van der Waals surface area contributed by atoms with Crippen molar-refractivity contribution in [1.29, 1.82) is 0 Å². The maximum Gasteiger partial charge on any atom is 0.220 e. The van der Waals surface area contributed by atoms with Crippen LogP contribution in [0.15, 0.2) is 0 Å². The van der Waals surface area contributed by atoms with E-state index in [9.17, 15) is 4.79 Å². The molecule has 0 saturated carbocycles. The van der Waals surface area contributed by atoms with Crippen LogP contribution in [0, 0.1) is 11.3 Å². The molecule has 0 aromatic carbocycles. The van der Waals surface area contributed by atoms with Gasteiger partial charge in [-0.05, 0) is 51.2 Å². The summed E-state index contributed by atoms with van der Waals surface area (Å²) in [6.07, 6.45) is 5.93. The summed E-state index contributed by atoms with van der Waals surface area (Å²) in [6, 6.07) is 0. The van der Waals surface area contributed by atoms with Gasteiger partial charge in [0.2, 0.25) is 5.91 Å². The number of likely N-dealkylation sites (tertiary alicyclic amines) is 1. The van der Waals surface area contributed by atoms with Crippen molar-refractivity contribution in [3.63, 3.8) is 0 Å². The molecule has 2 N–H and O–H groups in total. The van der Waals surface area contributed by atoms with Crippen LogP contribution >= 0.6 is 12.4 Å². The van der Waals surface area contributed by atoms with E-state index in [1.807, 2.05) is 0 Å². The summed E-state index contributed by atoms with van der Waals surface area (Å²) >= 11 is 0. The Hall–Kier alpha value is -0.320. The van der Waals surface area contributed by atoms with Crippen molar-refractivity contribution >= 4 is 18.3 Å². The van der Waals surface area contributed by atoms with E-state index in [0.29, 0.717) is 0 Å².